The number of hydrogen-bond donors (Lipinski definition) is 0. The van der Waals surface area contributed by atoms with Gasteiger partial charge in [0.1, 0.15) is 11.7 Å². The van der Waals surface area contributed by atoms with Crippen LogP contribution in [0.4, 0.5) is 9.59 Å². The minimum atomic E-state index is -1.19. The van der Waals surface area contributed by atoms with Crippen LogP contribution in [0.3, 0.4) is 0 Å². The van der Waals surface area contributed by atoms with E-state index < -0.39 is 17.8 Å². The maximum absolute atomic E-state index is 11.6. The second-order valence-corrected chi connectivity index (χ2v) is 4.72. The van der Waals surface area contributed by atoms with E-state index in [2.05, 4.69) is 0 Å². The van der Waals surface area contributed by atoms with Crippen LogP contribution < -0.4 is 5.11 Å². The SMILES string of the molecule is CC(C)(C)OC(=O)N1CCN(C(=O)[O-])CC1. The molecular weight excluding hydrogens is 212 g/mol. The molecule has 0 aromatic heterocycles. The van der Waals surface area contributed by atoms with Crippen LogP contribution in [0.1, 0.15) is 20.8 Å². The fourth-order valence-electron chi connectivity index (χ4n) is 1.40. The lowest BCUT2D eigenvalue weighted by atomic mass is 10.2. The standard InChI is InChI=1S/C10H18N2O4/c1-10(2,3)16-9(15)12-6-4-11(5-7-12)8(13)14/h4-7H2,1-3H3,(H,13,14)/p-1. The Morgan fingerprint density at radius 1 is 1.06 bits per heavy atom. The van der Waals surface area contributed by atoms with Crippen molar-refractivity contribution in [3.05, 3.63) is 0 Å². The van der Waals surface area contributed by atoms with Crippen LogP contribution in [0.25, 0.3) is 0 Å². The van der Waals surface area contributed by atoms with Crippen LogP contribution in [-0.2, 0) is 4.74 Å². The number of amides is 2. The Balaban J connectivity index is 2.42. The molecule has 1 aliphatic rings. The van der Waals surface area contributed by atoms with E-state index in [0.717, 1.165) is 0 Å². The number of rotatable bonds is 0. The molecule has 0 saturated carbocycles. The molecule has 1 rings (SSSR count). The lowest BCUT2D eigenvalue weighted by Crippen LogP contribution is -2.54. The highest BCUT2D eigenvalue weighted by molar-refractivity contribution is 5.69. The summed E-state index contributed by atoms with van der Waals surface area (Å²) in [6.45, 7) is 6.64. The van der Waals surface area contributed by atoms with E-state index in [0.29, 0.717) is 13.1 Å². The molecule has 0 aromatic carbocycles. The summed E-state index contributed by atoms with van der Waals surface area (Å²) in [4.78, 5) is 24.8. The molecule has 1 fully saturated rings. The Kier molecular flexibility index (Phi) is 3.62. The smallest absolute Gasteiger partial charge is 0.410 e. The maximum Gasteiger partial charge on any atom is 0.410 e. The molecule has 6 nitrogen and oxygen atoms in total. The number of nitrogens with zero attached hydrogens (tertiary/aromatic N) is 2. The first-order valence-electron chi connectivity index (χ1n) is 5.23. The van der Waals surface area contributed by atoms with E-state index in [1.165, 1.54) is 9.80 Å². The molecule has 0 N–H and O–H groups in total. The van der Waals surface area contributed by atoms with Crippen LogP contribution in [0, 0.1) is 0 Å². The van der Waals surface area contributed by atoms with Crippen LogP contribution in [0.2, 0.25) is 0 Å². The van der Waals surface area contributed by atoms with Gasteiger partial charge in [-0.15, -0.1) is 0 Å². The fraction of sp³-hybridized carbons (Fsp3) is 0.800. The van der Waals surface area contributed by atoms with E-state index in [9.17, 15) is 14.7 Å². The van der Waals surface area contributed by atoms with Crippen molar-refractivity contribution in [2.45, 2.75) is 26.4 Å². The Morgan fingerprint density at radius 3 is 1.88 bits per heavy atom. The number of carbonyl (C=O) groups excluding carboxylic acids is 2. The van der Waals surface area contributed by atoms with Crippen molar-refractivity contribution in [1.82, 2.24) is 9.80 Å². The molecule has 0 aliphatic carbocycles. The van der Waals surface area contributed by atoms with Gasteiger partial charge in [0.25, 0.3) is 0 Å². The molecule has 0 atom stereocenters. The molecule has 1 heterocycles. The highest BCUT2D eigenvalue weighted by Gasteiger charge is 2.25. The molecule has 1 saturated heterocycles. The van der Waals surface area contributed by atoms with Gasteiger partial charge in [0.05, 0.1) is 0 Å². The normalized spacial score (nSPS) is 17.2. The highest BCUT2D eigenvalue weighted by atomic mass is 16.6. The Morgan fingerprint density at radius 2 is 1.50 bits per heavy atom. The van der Waals surface area contributed by atoms with Gasteiger partial charge in [-0.25, -0.2) is 4.79 Å². The summed E-state index contributed by atoms with van der Waals surface area (Å²) in [5, 5.41) is 10.5. The molecule has 0 spiro atoms. The third kappa shape index (κ3) is 3.60. The zero-order chi connectivity index (χ0) is 12.3. The minimum absolute atomic E-state index is 0.279. The van der Waals surface area contributed by atoms with Gasteiger partial charge in [-0.1, -0.05) is 0 Å². The monoisotopic (exact) mass is 229 g/mol. The average molecular weight is 229 g/mol. The summed E-state index contributed by atoms with van der Waals surface area (Å²) in [5.74, 6) is 0. The van der Waals surface area contributed by atoms with Crippen molar-refractivity contribution in [3.63, 3.8) is 0 Å². The highest BCUT2D eigenvalue weighted by Crippen LogP contribution is 2.11. The van der Waals surface area contributed by atoms with Crippen molar-refractivity contribution in [1.29, 1.82) is 0 Å². The second-order valence-electron chi connectivity index (χ2n) is 4.72. The molecule has 92 valence electrons. The largest absolute Gasteiger partial charge is 0.530 e. The van der Waals surface area contributed by atoms with Gasteiger partial charge in [-0.3, -0.25) is 0 Å². The molecular formula is C10H17N2O4-. The van der Waals surface area contributed by atoms with Crippen molar-refractivity contribution < 1.29 is 19.4 Å². The van der Waals surface area contributed by atoms with Crippen LogP contribution in [-0.4, -0.2) is 53.8 Å². The average Bonchev–Trinajstić information content (AvgIpc) is 2.15. The summed E-state index contributed by atoms with van der Waals surface area (Å²) >= 11 is 0. The number of ether oxygens (including phenoxy) is 1. The van der Waals surface area contributed by atoms with Crippen LogP contribution in [0.5, 0.6) is 0 Å². The topological polar surface area (TPSA) is 72.9 Å². The number of carboxylic acid groups (broad SMARTS) is 1. The zero-order valence-electron chi connectivity index (χ0n) is 9.86. The van der Waals surface area contributed by atoms with E-state index in [1.807, 2.05) is 0 Å². The molecule has 0 aromatic rings. The van der Waals surface area contributed by atoms with Gasteiger partial charge in [-0.05, 0) is 20.8 Å². The van der Waals surface area contributed by atoms with Crippen LogP contribution in [0.15, 0.2) is 0 Å². The van der Waals surface area contributed by atoms with Crippen molar-refractivity contribution in [2.75, 3.05) is 26.2 Å². The van der Waals surface area contributed by atoms with Gasteiger partial charge in [0, 0.05) is 26.2 Å². The predicted octanol–water partition coefficient (Wildman–Crippen LogP) is -0.118. The van der Waals surface area contributed by atoms with E-state index in [1.54, 1.807) is 20.8 Å². The van der Waals surface area contributed by atoms with E-state index in [-0.39, 0.29) is 13.1 Å². The summed E-state index contributed by atoms with van der Waals surface area (Å²) in [5.41, 5.74) is -0.525. The first kappa shape index (κ1) is 12.6. The quantitative estimate of drug-likeness (QED) is 0.580. The molecule has 16 heavy (non-hydrogen) atoms. The van der Waals surface area contributed by atoms with Gasteiger partial charge >= 0.3 is 6.09 Å². The second kappa shape index (κ2) is 4.59. The van der Waals surface area contributed by atoms with Gasteiger partial charge in [0.15, 0.2) is 0 Å². The van der Waals surface area contributed by atoms with Crippen molar-refractivity contribution in [2.24, 2.45) is 0 Å². The summed E-state index contributed by atoms with van der Waals surface area (Å²) < 4.78 is 5.18. The Hall–Kier alpha value is -1.46. The third-order valence-corrected chi connectivity index (χ3v) is 2.19. The van der Waals surface area contributed by atoms with E-state index >= 15 is 0 Å². The maximum atomic E-state index is 11.6. The number of hydrogen-bond acceptors (Lipinski definition) is 4. The lowest BCUT2D eigenvalue weighted by Gasteiger charge is -2.36. The summed E-state index contributed by atoms with van der Waals surface area (Å²) in [6, 6.07) is 0. The van der Waals surface area contributed by atoms with Gasteiger partial charge < -0.3 is 24.4 Å². The third-order valence-electron chi connectivity index (χ3n) is 2.19. The molecule has 6 heteroatoms. The van der Waals surface area contributed by atoms with E-state index in [4.69, 9.17) is 4.74 Å². The molecule has 2 amide bonds. The fourth-order valence-corrected chi connectivity index (χ4v) is 1.40. The lowest BCUT2D eigenvalue weighted by molar-refractivity contribution is -0.266. The Bertz CT molecular complexity index is 277. The molecule has 0 bridgehead atoms. The molecule has 0 radical (unpaired) electrons. The minimum Gasteiger partial charge on any atom is -0.530 e. The summed E-state index contributed by atoms with van der Waals surface area (Å²) in [6.07, 6.45) is -1.59. The van der Waals surface area contributed by atoms with Gasteiger partial charge in [0.2, 0.25) is 0 Å². The van der Waals surface area contributed by atoms with Gasteiger partial charge in [-0.2, -0.15) is 0 Å². The summed E-state index contributed by atoms with van der Waals surface area (Å²) in [7, 11) is 0. The Labute approximate surface area is 94.8 Å². The predicted molar refractivity (Wildman–Crippen MR) is 54.8 cm³/mol. The van der Waals surface area contributed by atoms with Crippen molar-refractivity contribution >= 4 is 12.2 Å². The molecule has 0 unspecified atom stereocenters. The molecule has 1 aliphatic heterocycles. The first-order valence-corrected chi connectivity index (χ1v) is 5.23. The first-order chi connectivity index (χ1) is 7.29. The zero-order valence-corrected chi connectivity index (χ0v) is 9.86. The number of piperazine rings is 1. The van der Waals surface area contributed by atoms with Crippen molar-refractivity contribution in [3.8, 4) is 0 Å². The number of carbonyl (C=O) groups is 2. The van der Waals surface area contributed by atoms with Crippen LogP contribution >= 0.6 is 0 Å².